The fourth-order valence-corrected chi connectivity index (χ4v) is 4.12. The average Bonchev–Trinajstić information content (AvgIpc) is 3.10. The Morgan fingerprint density at radius 3 is 2.56 bits per heavy atom. The second-order valence-electron chi connectivity index (χ2n) is 6.91. The van der Waals surface area contributed by atoms with Gasteiger partial charge in [0.2, 0.25) is 5.88 Å². The van der Waals surface area contributed by atoms with Gasteiger partial charge in [-0.25, -0.2) is 0 Å². The Bertz CT molecular complexity index is 858. The van der Waals surface area contributed by atoms with Crippen LogP contribution >= 0.6 is 11.3 Å². The van der Waals surface area contributed by atoms with Crippen LogP contribution in [-0.2, 0) is 13.2 Å². The number of hydrogen-bond donors (Lipinski definition) is 0. The number of ether oxygens (including phenoxy) is 1. The van der Waals surface area contributed by atoms with Crippen LogP contribution in [0.5, 0.6) is 5.88 Å². The van der Waals surface area contributed by atoms with Crippen LogP contribution in [0.2, 0.25) is 0 Å². The van der Waals surface area contributed by atoms with E-state index >= 15 is 0 Å². The third-order valence-corrected chi connectivity index (χ3v) is 5.76. The van der Waals surface area contributed by atoms with Crippen molar-refractivity contribution in [2.75, 3.05) is 13.1 Å². The standard InChI is InChI=1S/C21H24N4OS/c1-16-20(24-21(27-16)19-13-22-9-10-23-19)26-15-18-7-5-17(6-8-18)14-25-11-3-2-4-12-25/h5-10,13H,2-4,11-12,14-15H2,1H3. The minimum atomic E-state index is 0.522. The topological polar surface area (TPSA) is 51.1 Å². The van der Waals surface area contributed by atoms with E-state index in [0.717, 1.165) is 27.7 Å². The van der Waals surface area contributed by atoms with E-state index < -0.39 is 0 Å². The molecule has 0 N–H and O–H groups in total. The van der Waals surface area contributed by atoms with Gasteiger partial charge in [0.25, 0.3) is 0 Å². The van der Waals surface area contributed by atoms with E-state index in [1.165, 1.54) is 37.9 Å². The molecule has 0 atom stereocenters. The van der Waals surface area contributed by atoms with Gasteiger partial charge < -0.3 is 4.74 Å². The van der Waals surface area contributed by atoms with Gasteiger partial charge in [0.1, 0.15) is 17.3 Å². The van der Waals surface area contributed by atoms with Crippen molar-refractivity contribution in [2.45, 2.75) is 39.3 Å². The van der Waals surface area contributed by atoms with Crippen LogP contribution in [0, 0.1) is 6.92 Å². The highest BCUT2D eigenvalue weighted by Crippen LogP contribution is 2.30. The smallest absolute Gasteiger partial charge is 0.228 e. The third-order valence-electron chi connectivity index (χ3n) is 4.79. The summed E-state index contributed by atoms with van der Waals surface area (Å²) in [5.74, 6) is 0.679. The molecule has 3 heterocycles. The van der Waals surface area contributed by atoms with Crippen LogP contribution in [0.1, 0.15) is 35.3 Å². The van der Waals surface area contributed by atoms with Gasteiger partial charge in [-0.2, -0.15) is 4.98 Å². The number of aromatic nitrogens is 3. The van der Waals surface area contributed by atoms with Crippen LogP contribution < -0.4 is 4.74 Å². The summed E-state index contributed by atoms with van der Waals surface area (Å²) in [6.45, 7) is 6.04. The quantitative estimate of drug-likeness (QED) is 0.631. The van der Waals surface area contributed by atoms with Crippen LogP contribution in [0.15, 0.2) is 42.9 Å². The van der Waals surface area contributed by atoms with Crippen molar-refractivity contribution < 1.29 is 4.74 Å². The fourth-order valence-electron chi connectivity index (χ4n) is 3.30. The fraction of sp³-hybridized carbons (Fsp3) is 0.381. The average molecular weight is 381 g/mol. The Hall–Kier alpha value is -2.31. The summed E-state index contributed by atoms with van der Waals surface area (Å²) in [5.41, 5.74) is 3.31. The molecule has 1 aliphatic rings. The molecule has 0 unspecified atom stereocenters. The molecule has 3 aromatic rings. The van der Waals surface area contributed by atoms with E-state index in [2.05, 4.69) is 44.1 Å². The van der Waals surface area contributed by atoms with Gasteiger partial charge in [-0.3, -0.25) is 14.9 Å². The molecule has 0 amide bonds. The SMILES string of the molecule is Cc1sc(-c2cnccn2)nc1OCc1ccc(CN2CCCCC2)cc1. The van der Waals surface area contributed by atoms with Crippen LogP contribution in [-0.4, -0.2) is 32.9 Å². The van der Waals surface area contributed by atoms with Crippen LogP contribution in [0.3, 0.4) is 0 Å². The highest BCUT2D eigenvalue weighted by atomic mass is 32.1. The minimum Gasteiger partial charge on any atom is -0.472 e. The van der Waals surface area contributed by atoms with Crippen molar-refractivity contribution in [3.8, 4) is 16.6 Å². The van der Waals surface area contributed by atoms with Crippen molar-refractivity contribution in [1.29, 1.82) is 0 Å². The number of thiazole rings is 1. The summed E-state index contributed by atoms with van der Waals surface area (Å²) in [5, 5.41) is 0.840. The molecule has 1 fully saturated rings. The first-order valence-electron chi connectivity index (χ1n) is 9.45. The Morgan fingerprint density at radius 2 is 1.81 bits per heavy atom. The lowest BCUT2D eigenvalue weighted by atomic mass is 10.1. The predicted molar refractivity (Wildman–Crippen MR) is 108 cm³/mol. The molecule has 0 saturated carbocycles. The molecule has 0 aliphatic carbocycles. The molecular weight excluding hydrogens is 356 g/mol. The summed E-state index contributed by atoms with van der Waals surface area (Å²) < 4.78 is 5.96. The normalized spacial score (nSPS) is 15.0. The van der Waals surface area contributed by atoms with Gasteiger partial charge in [0.15, 0.2) is 0 Å². The molecule has 0 bridgehead atoms. The van der Waals surface area contributed by atoms with E-state index in [0.29, 0.717) is 12.5 Å². The van der Waals surface area contributed by atoms with Gasteiger partial charge in [0.05, 0.1) is 11.1 Å². The molecule has 1 saturated heterocycles. The molecule has 2 aromatic heterocycles. The first-order chi connectivity index (χ1) is 13.3. The molecule has 5 nitrogen and oxygen atoms in total. The molecule has 1 aromatic carbocycles. The summed E-state index contributed by atoms with van der Waals surface area (Å²) in [7, 11) is 0. The van der Waals surface area contributed by atoms with Gasteiger partial charge >= 0.3 is 0 Å². The predicted octanol–water partition coefficient (Wildman–Crippen LogP) is 4.47. The van der Waals surface area contributed by atoms with Crippen molar-refractivity contribution >= 4 is 11.3 Å². The maximum Gasteiger partial charge on any atom is 0.228 e. The van der Waals surface area contributed by atoms with Gasteiger partial charge in [0, 0.05) is 18.9 Å². The Balaban J connectivity index is 1.35. The number of aryl methyl sites for hydroxylation is 1. The molecule has 140 valence electrons. The highest BCUT2D eigenvalue weighted by molar-refractivity contribution is 7.15. The zero-order valence-electron chi connectivity index (χ0n) is 15.6. The molecule has 1 aliphatic heterocycles. The molecule has 6 heteroatoms. The Kier molecular flexibility index (Phi) is 5.75. The first-order valence-corrected chi connectivity index (χ1v) is 10.3. The number of piperidine rings is 1. The second-order valence-corrected chi connectivity index (χ2v) is 8.12. The summed E-state index contributed by atoms with van der Waals surface area (Å²) >= 11 is 1.58. The second kappa shape index (κ2) is 8.59. The van der Waals surface area contributed by atoms with E-state index in [1.807, 2.05) is 6.92 Å². The monoisotopic (exact) mass is 380 g/mol. The lowest BCUT2D eigenvalue weighted by Gasteiger charge is -2.26. The lowest BCUT2D eigenvalue weighted by molar-refractivity contribution is 0.221. The van der Waals surface area contributed by atoms with E-state index in [4.69, 9.17) is 4.74 Å². The lowest BCUT2D eigenvalue weighted by Crippen LogP contribution is -2.29. The largest absolute Gasteiger partial charge is 0.472 e. The summed E-state index contributed by atoms with van der Waals surface area (Å²) in [6, 6.07) is 8.74. The summed E-state index contributed by atoms with van der Waals surface area (Å²) in [6.07, 6.45) is 9.10. The highest BCUT2D eigenvalue weighted by Gasteiger charge is 2.13. The van der Waals surface area contributed by atoms with Gasteiger partial charge in [-0.1, -0.05) is 30.7 Å². The van der Waals surface area contributed by atoms with Crippen LogP contribution in [0.25, 0.3) is 10.7 Å². The van der Waals surface area contributed by atoms with E-state index in [9.17, 15) is 0 Å². The van der Waals surface area contributed by atoms with Crippen molar-refractivity contribution in [2.24, 2.45) is 0 Å². The number of hydrogen-bond acceptors (Lipinski definition) is 6. The molecule has 4 rings (SSSR count). The van der Waals surface area contributed by atoms with Crippen molar-refractivity contribution in [3.63, 3.8) is 0 Å². The Morgan fingerprint density at radius 1 is 1.04 bits per heavy atom. The molecule has 0 spiro atoms. The number of rotatable bonds is 6. The van der Waals surface area contributed by atoms with Gasteiger partial charge in [-0.05, 0) is 44.0 Å². The minimum absolute atomic E-state index is 0.522. The number of benzene rings is 1. The van der Waals surface area contributed by atoms with E-state index in [-0.39, 0.29) is 0 Å². The van der Waals surface area contributed by atoms with Crippen molar-refractivity contribution in [3.05, 3.63) is 58.9 Å². The molecule has 27 heavy (non-hydrogen) atoms. The molecular formula is C21H24N4OS. The zero-order valence-corrected chi connectivity index (χ0v) is 16.4. The zero-order chi connectivity index (χ0) is 18.5. The maximum atomic E-state index is 5.96. The number of likely N-dealkylation sites (tertiary alicyclic amines) is 1. The Labute approximate surface area is 164 Å². The molecule has 0 radical (unpaired) electrons. The number of nitrogens with zero attached hydrogens (tertiary/aromatic N) is 4. The van der Waals surface area contributed by atoms with Crippen LogP contribution in [0.4, 0.5) is 0 Å². The maximum absolute atomic E-state index is 5.96. The summed E-state index contributed by atoms with van der Waals surface area (Å²) in [4.78, 5) is 16.6. The van der Waals surface area contributed by atoms with Crippen molar-refractivity contribution in [1.82, 2.24) is 19.9 Å². The van der Waals surface area contributed by atoms with Gasteiger partial charge in [-0.15, -0.1) is 11.3 Å². The first kappa shape index (κ1) is 18.1. The third kappa shape index (κ3) is 4.70. The van der Waals surface area contributed by atoms with E-state index in [1.54, 1.807) is 29.9 Å².